The first-order chi connectivity index (χ1) is 8.67. The Morgan fingerprint density at radius 1 is 1.21 bits per heavy atom. The maximum Gasteiger partial charge on any atom is 0.327 e. The van der Waals surface area contributed by atoms with Crippen LogP contribution in [0.25, 0.3) is 0 Å². The van der Waals surface area contributed by atoms with Gasteiger partial charge in [-0.1, -0.05) is 18.2 Å². The number of hydrogen-bond acceptors (Lipinski definition) is 2. The van der Waals surface area contributed by atoms with E-state index in [-0.39, 0.29) is 11.6 Å². The summed E-state index contributed by atoms with van der Waals surface area (Å²) in [4.78, 5) is 15.8. The Labute approximate surface area is 114 Å². The molecule has 0 bridgehead atoms. The molecule has 1 aliphatic rings. The number of benzene rings is 1. The van der Waals surface area contributed by atoms with Gasteiger partial charge in [-0.05, 0) is 39.3 Å². The second kappa shape index (κ2) is 4.23. The molecule has 0 unspecified atom stereocenters. The summed E-state index contributed by atoms with van der Waals surface area (Å²) >= 11 is 0. The standard InChI is InChI=1S/C15H22N2O2/c1-11-8-6-7-9-12(11)17-13(18)16(5)14(2,3)10-15(17,4)19/h6-9,19H,10H2,1-5H3/t15-/m0/s1. The molecule has 19 heavy (non-hydrogen) atoms. The Kier molecular flexibility index (Phi) is 3.09. The molecule has 1 heterocycles. The predicted octanol–water partition coefficient (Wildman–Crippen LogP) is 2.74. The first-order valence-corrected chi connectivity index (χ1v) is 6.53. The Morgan fingerprint density at radius 2 is 1.79 bits per heavy atom. The summed E-state index contributed by atoms with van der Waals surface area (Å²) in [6.07, 6.45) is 0.497. The number of para-hydroxylation sites is 1. The van der Waals surface area contributed by atoms with Gasteiger partial charge >= 0.3 is 6.03 Å². The minimum Gasteiger partial charge on any atom is -0.371 e. The second-order valence-electron chi connectivity index (χ2n) is 6.17. The summed E-state index contributed by atoms with van der Waals surface area (Å²) in [6.45, 7) is 7.58. The lowest BCUT2D eigenvalue weighted by Crippen LogP contribution is -2.67. The number of rotatable bonds is 1. The number of urea groups is 1. The van der Waals surface area contributed by atoms with Gasteiger partial charge in [0.25, 0.3) is 0 Å². The third-order valence-corrected chi connectivity index (χ3v) is 3.99. The molecule has 1 aliphatic heterocycles. The lowest BCUT2D eigenvalue weighted by molar-refractivity contribution is -0.0183. The summed E-state index contributed by atoms with van der Waals surface area (Å²) in [7, 11) is 1.78. The lowest BCUT2D eigenvalue weighted by atomic mass is 9.88. The van der Waals surface area contributed by atoms with Gasteiger partial charge in [0.1, 0.15) is 5.72 Å². The van der Waals surface area contributed by atoms with Crippen molar-refractivity contribution in [3.63, 3.8) is 0 Å². The fraction of sp³-hybridized carbons (Fsp3) is 0.533. The van der Waals surface area contributed by atoms with E-state index in [9.17, 15) is 9.90 Å². The zero-order valence-electron chi connectivity index (χ0n) is 12.3. The minimum absolute atomic E-state index is 0.171. The number of aliphatic hydroxyl groups is 1. The molecule has 4 nitrogen and oxygen atoms in total. The van der Waals surface area contributed by atoms with Crippen molar-refractivity contribution in [1.82, 2.24) is 4.90 Å². The van der Waals surface area contributed by atoms with Crippen molar-refractivity contribution < 1.29 is 9.90 Å². The number of nitrogens with zero attached hydrogens (tertiary/aromatic N) is 2. The first kappa shape index (κ1) is 13.9. The van der Waals surface area contributed by atoms with Crippen LogP contribution >= 0.6 is 0 Å². The van der Waals surface area contributed by atoms with E-state index in [2.05, 4.69) is 0 Å². The Morgan fingerprint density at radius 3 is 2.37 bits per heavy atom. The molecule has 1 N–H and O–H groups in total. The van der Waals surface area contributed by atoms with Crippen LogP contribution in [0.3, 0.4) is 0 Å². The molecule has 1 aromatic rings. The lowest BCUT2D eigenvalue weighted by Gasteiger charge is -2.52. The van der Waals surface area contributed by atoms with Crippen LogP contribution in [0.2, 0.25) is 0 Å². The zero-order valence-corrected chi connectivity index (χ0v) is 12.3. The molecule has 4 heteroatoms. The van der Waals surface area contributed by atoms with Gasteiger partial charge in [0.15, 0.2) is 0 Å². The van der Waals surface area contributed by atoms with Gasteiger partial charge in [-0.25, -0.2) is 4.79 Å². The molecule has 0 aromatic heterocycles. The number of carbonyl (C=O) groups excluding carboxylic acids is 1. The number of anilines is 1. The van der Waals surface area contributed by atoms with Gasteiger partial charge in [-0.15, -0.1) is 0 Å². The molecule has 104 valence electrons. The van der Waals surface area contributed by atoms with Crippen LogP contribution < -0.4 is 4.90 Å². The molecule has 1 aromatic carbocycles. The molecular formula is C15H22N2O2. The summed E-state index contributed by atoms with van der Waals surface area (Å²) in [5.74, 6) is 0. The molecule has 1 atom stereocenters. The number of hydrogen-bond donors (Lipinski definition) is 1. The number of aryl methyl sites for hydroxylation is 1. The van der Waals surface area contributed by atoms with Gasteiger partial charge in [0, 0.05) is 19.0 Å². The predicted molar refractivity (Wildman–Crippen MR) is 76.1 cm³/mol. The van der Waals surface area contributed by atoms with Gasteiger partial charge in [0.05, 0.1) is 5.69 Å². The molecule has 0 aliphatic carbocycles. The van der Waals surface area contributed by atoms with E-state index in [1.165, 1.54) is 4.90 Å². The van der Waals surface area contributed by atoms with Gasteiger partial charge in [-0.3, -0.25) is 4.90 Å². The van der Waals surface area contributed by atoms with E-state index >= 15 is 0 Å². The van der Waals surface area contributed by atoms with Crippen molar-refractivity contribution in [3.05, 3.63) is 29.8 Å². The Hall–Kier alpha value is -1.55. The molecule has 2 amide bonds. The SMILES string of the molecule is Cc1ccccc1N1C(=O)N(C)C(C)(C)C[C@]1(C)O. The van der Waals surface area contributed by atoms with Crippen molar-refractivity contribution in [2.45, 2.75) is 45.4 Å². The molecule has 0 spiro atoms. The van der Waals surface area contributed by atoms with Crippen molar-refractivity contribution in [2.75, 3.05) is 11.9 Å². The first-order valence-electron chi connectivity index (χ1n) is 6.53. The van der Waals surface area contributed by atoms with Crippen LogP contribution in [0.5, 0.6) is 0 Å². The smallest absolute Gasteiger partial charge is 0.327 e. The van der Waals surface area contributed by atoms with E-state index in [0.29, 0.717) is 6.42 Å². The van der Waals surface area contributed by atoms with E-state index in [1.807, 2.05) is 45.0 Å². The highest BCUT2D eigenvalue weighted by atomic mass is 16.3. The average Bonchev–Trinajstić information content (AvgIpc) is 2.27. The Bertz CT molecular complexity index is 509. The van der Waals surface area contributed by atoms with E-state index in [1.54, 1.807) is 18.9 Å². The molecule has 0 saturated carbocycles. The van der Waals surface area contributed by atoms with Gasteiger partial charge in [0.2, 0.25) is 0 Å². The third-order valence-electron chi connectivity index (χ3n) is 3.99. The number of carbonyl (C=O) groups is 1. The fourth-order valence-electron chi connectivity index (χ4n) is 2.81. The zero-order chi connectivity index (χ0) is 14.4. The van der Waals surface area contributed by atoms with Crippen molar-refractivity contribution in [2.24, 2.45) is 0 Å². The van der Waals surface area contributed by atoms with E-state index in [4.69, 9.17) is 0 Å². The van der Waals surface area contributed by atoms with E-state index in [0.717, 1.165) is 11.3 Å². The van der Waals surface area contributed by atoms with Crippen molar-refractivity contribution in [1.29, 1.82) is 0 Å². The topological polar surface area (TPSA) is 43.8 Å². The minimum atomic E-state index is -1.18. The molecule has 1 fully saturated rings. The van der Waals surface area contributed by atoms with Crippen LogP contribution in [0.4, 0.5) is 10.5 Å². The van der Waals surface area contributed by atoms with Crippen molar-refractivity contribution >= 4 is 11.7 Å². The van der Waals surface area contributed by atoms with Crippen LogP contribution in [0.1, 0.15) is 32.8 Å². The van der Waals surface area contributed by atoms with Crippen LogP contribution in [-0.4, -0.2) is 34.3 Å². The summed E-state index contributed by atoms with van der Waals surface area (Å²) in [5, 5.41) is 10.7. The highest BCUT2D eigenvalue weighted by Crippen LogP contribution is 2.38. The normalized spacial score (nSPS) is 26.7. The summed E-state index contributed by atoms with van der Waals surface area (Å²) in [6, 6.07) is 7.45. The maximum absolute atomic E-state index is 12.6. The van der Waals surface area contributed by atoms with Crippen molar-refractivity contribution in [3.8, 4) is 0 Å². The summed E-state index contributed by atoms with van der Waals surface area (Å²) < 4.78 is 0. The summed E-state index contributed by atoms with van der Waals surface area (Å²) in [5.41, 5.74) is 0.197. The van der Waals surface area contributed by atoms with E-state index < -0.39 is 5.72 Å². The average molecular weight is 262 g/mol. The van der Waals surface area contributed by atoms with Crippen LogP contribution in [0.15, 0.2) is 24.3 Å². The fourth-order valence-corrected chi connectivity index (χ4v) is 2.81. The molecule has 2 rings (SSSR count). The highest BCUT2D eigenvalue weighted by Gasteiger charge is 2.49. The largest absolute Gasteiger partial charge is 0.371 e. The van der Waals surface area contributed by atoms with Crippen LogP contribution in [-0.2, 0) is 0 Å². The monoisotopic (exact) mass is 262 g/mol. The molecule has 0 radical (unpaired) electrons. The maximum atomic E-state index is 12.6. The molecular weight excluding hydrogens is 240 g/mol. The number of amides is 2. The van der Waals surface area contributed by atoms with Gasteiger partial charge < -0.3 is 10.0 Å². The molecule has 1 saturated heterocycles. The quantitative estimate of drug-likeness (QED) is 0.845. The highest BCUT2D eigenvalue weighted by molar-refractivity contribution is 5.95. The Balaban J connectivity index is 2.51. The third kappa shape index (κ3) is 2.21. The second-order valence-corrected chi connectivity index (χ2v) is 6.17. The van der Waals surface area contributed by atoms with Gasteiger partial charge in [-0.2, -0.15) is 0 Å². The van der Waals surface area contributed by atoms with Crippen LogP contribution in [0, 0.1) is 6.92 Å².